The highest BCUT2D eigenvalue weighted by Gasteiger charge is 2.27. The van der Waals surface area contributed by atoms with Crippen molar-refractivity contribution in [3.8, 4) is 0 Å². The van der Waals surface area contributed by atoms with Crippen molar-refractivity contribution in [2.45, 2.75) is 38.0 Å². The second-order valence-electron chi connectivity index (χ2n) is 5.11. The Bertz CT molecular complexity index is 394. The molecule has 3 atom stereocenters. The molecule has 3 heteroatoms. The molecule has 94 valence electrons. The van der Waals surface area contributed by atoms with Gasteiger partial charge in [-0.2, -0.15) is 0 Å². The van der Waals surface area contributed by atoms with Crippen LogP contribution in [0, 0.1) is 17.7 Å². The lowest BCUT2D eigenvalue weighted by molar-refractivity contribution is 0.287. The quantitative estimate of drug-likeness (QED) is 0.659. The number of benzene rings is 1. The molecule has 0 bridgehead atoms. The number of halogens is 3. The maximum absolute atomic E-state index is 13.4. The zero-order chi connectivity index (χ0) is 12.4. The van der Waals surface area contributed by atoms with Crippen molar-refractivity contribution in [1.82, 2.24) is 0 Å². The Labute approximate surface area is 116 Å². The van der Waals surface area contributed by atoms with Crippen LogP contribution in [0.25, 0.3) is 0 Å². The fraction of sp³-hybridized carbons (Fsp3) is 0.571. The first-order chi connectivity index (χ1) is 8.08. The lowest BCUT2D eigenvalue weighted by Gasteiger charge is -2.31. The summed E-state index contributed by atoms with van der Waals surface area (Å²) in [7, 11) is 0. The highest BCUT2D eigenvalue weighted by atomic mass is 79.9. The van der Waals surface area contributed by atoms with Crippen LogP contribution in [0.2, 0.25) is 0 Å². The van der Waals surface area contributed by atoms with Gasteiger partial charge in [-0.05, 0) is 65.1 Å². The molecular formula is C14H17BrClF. The molecule has 17 heavy (non-hydrogen) atoms. The van der Waals surface area contributed by atoms with Crippen LogP contribution in [0.1, 0.15) is 31.7 Å². The van der Waals surface area contributed by atoms with Crippen LogP contribution in [0.3, 0.4) is 0 Å². The van der Waals surface area contributed by atoms with Crippen LogP contribution in [-0.2, 0) is 6.42 Å². The Morgan fingerprint density at radius 1 is 1.41 bits per heavy atom. The van der Waals surface area contributed by atoms with Gasteiger partial charge in [0.05, 0.1) is 4.47 Å². The number of rotatable bonds is 2. The molecular weight excluding hydrogens is 303 g/mol. The lowest BCUT2D eigenvalue weighted by Crippen LogP contribution is -2.26. The molecule has 0 amide bonds. The van der Waals surface area contributed by atoms with Gasteiger partial charge < -0.3 is 0 Å². The van der Waals surface area contributed by atoms with E-state index >= 15 is 0 Å². The van der Waals surface area contributed by atoms with E-state index in [2.05, 4.69) is 22.9 Å². The standard InChI is InChI=1S/C14H17BrClF/c1-9-5-6-12(16)11(7-9)8-10-3-2-4-13(17)14(10)15/h2-4,9,11-12H,5-8H2,1H3. The van der Waals surface area contributed by atoms with Gasteiger partial charge in [-0.3, -0.25) is 0 Å². The van der Waals surface area contributed by atoms with Crippen molar-refractivity contribution >= 4 is 27.5 Å². The molecule has 1 aliphatic carbocycles. The Morgan fingerprint density at radius 3 is 2.94 bits per heavy atom. The molecule has 1 aromatic rings. The largest absolute Gasteiger partial charge is 0.206 e. The molecule has 0 N–H and O–H groups in total. The molecule has 0 saturated heterocycles. The van der Waals surface area contributed by atoms with Gasteiger partial charge >= 0.3 is 0 Å². The first kappa shape index (κ1) is 13.4. The van der Waals surface area contributed by atoms with E-state index in [9.17, 15) is 4.39 Å². The molecule has 2 rings (SSSR count). The van der Waals surface area contributed by atoms with Crippen molar-refractivity contribution in [1.29, 1.82) is 0 Å². The normalized spacial score (nSPS) is 29.3. The smallest absolute Gasteiger partial charge is 0.137 e. The minimum absolute atomic E-state index is 0.183. The van der Waals surface area contributed by atoms with Crippen LogP contribution >= 0.6 is 27.5 Å². The van der Waals surface area contributed by atoms with Crippen LogP contribution in [0.4, 0.5) is 4.39 Å². The van der Waals surface area contributed by atoms with Gasteiger partial charge in [-0.1, -0.05) is 19.1 Å². The third-order valence-corrected chi connectivity index (χ3v) is 5.13. The van der Waals surface area contributed by atoms with Gasteiger partial charge in [0.25, 0.3) is 0 Å². The molecule has 0 aromatic heterocycles. The Balaban J connectivity index is 2.11. The summed E-state index contributed by atoms with van der Waals surface area (Å²) in [5.41, 5.74) is 1.04. The minimum atomic E-state index is -0.183. The predicted molar refractivity (Wildman–Crippen MR) is 74.0 cm³/mol. The fourth-order valence-corrected chi connectivity index (χ4v) is 3.41. The van der Waals surface area contributed by atoms with Gasteiger partial charge in [0.2, 0.25) is 0 Å². The summed E-state index contributed by atoms with van der Waals surface area (Å²) < 4.78 is 14.0. The third-order valence-electron chi connectivity index (χ3n) is 3.67. The Hall–Kier alpha value is -0.0800. The maximum Gasteiger partial charge on any atom is 0.137 e. The highest BCUT2D eigenvalue weighted by Crippen LogP contribution is 2.36. The van der Waals surface area contributed by atoms with E-state index in [0.717, 1.165) is 30.7 Å². The zero-order valence-electron chi connectivity index (χ0n) is 9.93. The summed E-state index contributed by atoms with van der Waals surface area (Å²) in [4.78, 5) is 0. The van der Waals surface area contributed by atoms with Crippen LogP contribution in [0.15, 0.2) is 22.7 Å². The number of hydrogen-bond donors (Lipinski definition) is 0. The monoisotopic (exact) mass is 318 g/mol. The van der Waals surface area contributed by atoms with Crippen molar-refractivity contribution in [3.05, 3.63) is 34.1 Å². The van der Waals surface area contributed by atoms with E-state index in [1.165, 1.54) is 12.5 Å². The molecule has 1 aromatic carbocycles. The summed E-state index contributed by atoms with van der Waals surface area (Å²) in [5.74, 6) is 1.03. The summed E-state index contributed by atoms with van der Waals surface area (Å²) in [5, 5.41) is 0.237. The highest BCUT2D eigenvalue weighted by molar-refractivity contribution is 9.10. The van der Waals surface area contributed by atoms with Gasteiger partial charge in [-0.15, -0.1) is 11.6 Å². The van der Waals surface area contributed by atoms with Gasteiger partial charge in [0, 0.05) is 5.38 Å². The summed E-state index contributed by atoms with van der Waals surface area (Å²) >= 11 is 9.70. The maximum atomic E-state index is 13.4. The van der Waals surface area contributed by atoms with Crippen molar-refractivity contribution in [2.75, 3.05) is 0 Å². The summed E-state index contributed by atoms with van der Waals surface area (Å²) in [6.07, 6.45) is 4.32. The van der Waals surface area contributed by atoms with E-state index in [4.69, 9.17) is 11.6 Å². The molecule has 0 spiro atoms. The van der Waals surface area contributed by atoms with Crippen molar-refractivity contribution < 1.29 is 4.39 Å². The van der Waals surface area contributed by atoms with E-state index < -0.39 is 0 Å². The van der Waals surface area contributed by atoms with E-state index in [1.807, 2.05) is 6.07 Å². The fourth-order valence-electron chi connectivity index (χ4n) is 2.66. The average Bonchev–Trinajstić information content (AvgIpc) is 2.30. The first-order valence-electron chi connectivity index (χ1n) is 6.15. The third kappa shape index (κ3) is 3.23. The first-order valence-corrected chi connectivity index (χ1v) is 7.38. The molecule has 0 nitrogen and oxygen atoms in total. The summed E-state index contributed by atoms with van der Waals surface area (Å²) in [6.45, 7) is 2.27. The van der Waals surface area contributed by atoms with E-state index in [-0.39, 0.29) is 11.2 Å². The number of alkyl halides is 1. The molecule has 3 unspecified atom stereocenters. The minimum Gasteiger partial charge on any atom is -0.206 e. The van der Waals surface area contributed by atoms with E-state index in [0.29, 0.717) is 10.4 Å². The predicted octanol–water partition coefficient (Wildman–Crippen LogP) is 5.17. The molecule has 0 heterocycles. The van der Waals surface area contributed by atoms with Crippen LogP contribution in [0.5, 0.6) is 0 Å². The summed E-state index contributed by atoms with van der Waals surface area (Å²) in [6, 6.07) is 5.23. The van der Waals surface area contributed by atoms with Gasteiger partial charge in [-0.25, -0.2) is 4.39 Å². The Kier molecular flexibility index (Phi) is 4.48. The topological polar surface area (TPSA) is 0 Å². The zero-order valence-corrected chi connectivity index (χ0v) is 12.3. The van der Waals surface area contributed by atoms with Gasteiger partial charge in [0.1, 0.15) is 5.82 Å². The van der Waals surface area contributed by atoms with Gasteiger partial charge in [0.15, 0.2) is 0 Å². The van der Waals surface area contributed by atoms with Crippen molar-refractivity contribution in [2.24, 2.45) is 11.8 Å². The lowest BCUT2D eigenvalue weighted by atomic mass is 9.79. The second-order valence-corrected chi connectivity index (χ2v) is 6.46. The number of hydrogen-bond acceptors (Lipinski definition) is 0. The second kappa shape index (κ2) is 5.71. The molecule has 0 aliphatic heterocycles. The molecule has 0 radical (unpaired) electrons. The SMILES string of the molecule is CC1CCC(Cl)C(Cc2cccc(F)c2Br)C1. The van der Waals surface area contributed by atoms with Crippen molar-refractivity contribution in [3.63, 3.8) is 0 Å². The molecule has 1 aliphatic rings. The molecule has 1 fully saturated rings. The van der Waals surface area contributed by atoms with Crippen LogP contribution < -0.4 is 0 Å². The van der Waals surface area contributed by atoms with Crippen LogP contribution in [-0.4, -0.2) is 5.38 Å². The average molecular weight is 320 g/mol. The molecule has 1 saturated carbocycles. The Morgan fingerprint density at radius 2 is 2.18 bits per heavy atom. The van der Waals surface area contributed by atoms with E-state index in [1.54, 1.807) is 6.07 Å².